The minimum absolute atomic E-state index is 0.158. The van der Waals surface area contributed by atoms with Gasteiger partial charge in [-0.05, 0) is 13.3 Å². The second-order valence-electron chi connectivity index (χ2n) is 3.75. The van der Waals surface area contributed by atoms with Crippen LogP contribution in [0.25, 0.3) is 0 Å². The highest BCUT2D eigenvalue weighted by atomic mass is 19.4. The molecule has 0 aliphatic carbocycles. The van der Waals surface area contributed by atoms with Crippen molar-refractivity contribution in [2.75, 3.05) is 0 Å². The third-order valence-corrected chi connectivity index (χ3v) is 2.31. The molecule has 0 aliphatic rings. The Labute approximate surface area is 89.7 Å². The van der Waals surface area contributed by atoms with Crippen molar-refractivity contribution in [3.63, 3.8) is 0 Å². The summed E-state index contributed by atoms with van der Waals surface area (Å²) in [6.45, 7) is 3.20. The number of halogens is 3. The molecule has 4 nitrogen and oxygen atoms in total. The highest BCUT2D eigenvalue weighted by molar-refractivity contribution is 5.11. The van der Waals surface area contributed by atoms with Gasteiger partial charge in [-0.3, -0.25) is 4.79 Å². The van der Waals surface area contributed by atoms with Crippen molar-refractivity contribution >= 4 is 0 Å². The van der Waals surface area contributed by atoms with E-state index in [4.69, 9.17) is 5.73 Å². The van der Waals surface area contributed by atoms with E-state index in [1.165, 1.54) is 6.92 Å². The molecular formula is C9H12F3N3O. The molecule has 1 aromatic heterocycles. The lowest BCUT2D eigenvalue weighted by molar-refractivity contribution is -0.141. The molecule has 1 atom stereocenters. The zero-order valence-corrected chi connectivity index (χ0v) is 8.85. The van der Waals surface area contributed by atoms with Crippen molar-refractivity contribution in [2.45, 2.75) is 32.0 Å². The maximum atomic E-state index is 12.4. The Hall–Kier alpha value is -1.37. The lowest BCUT2D eigenvalue weighted by Crippen LogP contribution is -2.37. The van der Waals surface area contributed by atoms with Gasteiger partial charge in [0, 0.05) is 6.07 Å². The second-order valence-corrected chi connectivity index (χ2v) is 3.75. The van der Waals surface area contributed by atoms with Crippen molar-refractivity contribution in [1.82, 2.24) is 9.97 Å². The van der Waals surface area contributed by atoms with Crippen LogP contribution >= 0.6 is 0 Å². The van der Waals surface area contributed by atoms with Crippen LogP contribution in [-0.2, 0) is 11.7 Å². The Kier molecular flexibility index (Phi) is 3.09. The highest BCUT2D eigenvalue weighted by Crippen LogP contribution is 2.27. The fourth-order valence-electron chi connectivity index (χ4n) is 1.04. The van der Waals surface area contributed by atoms with E-state index in [0.717, 1.165) is 0 Å². The number of aromatic amines is 1. The smallest absolute Gasteiger partial charge is 0.319 e. The Balaban J connectivity index is 3.35. The van der Waals surface area contributed by atoms with Crippen LogP contribution in [0.1, 0.15) is 31.8 Å². The van der Waals surface area contributed by atoms with Crippen LogP contribution in [-0.4, -0.2) is 9.97 Å². The fourth-order valence-corrected chi connectivity index (χ4v) is 1.04. The molecule has 0 fully saturated rings. The number of nitrogens with zero attached hydrogens (tertiary/aromatic N) is 1. The van der Waals surface area contributed by atoms with E-state index in [9.17, 15) is 18.0 Å². The predicted molar refractivity (Wildman–Crippen MR) is 51.7 cm³/mol. The quantitative estimate of drug-likeness (QED) is 0.813. The molecule has 0 aliphatic heterocycles. The molecule has 0 spiro atoms. The minimum atomic E-state index is -4.65. The maximum Gasteiger partial charge on any atom is 0.433 e. The van der Waals surface area contributed by atoms with E-state index in [2.05, 4.69) is 9.97 Å². The van der Waals surface area contributed by atoms with Gasteiger partial charge in [-0.25, -0.2) is 4.98 Å². The zero-order valence-electron chi connectivity index (χ0n) is 8.85. The lowest BCUT2D eigenvalue weighted by atomic mass is 9.99. The Morgan fingerprint density at radius 1 is 1.50 bits per heavy atom. The Bertz CT molecular complexity index is 436. The summed E-state index contributed by atoms with van der Waals surface area (Å²) < 4.78 is 37.2. The summed E-state index contributed by atoms with van der Waals surface area (Å²) >= 11 is 0. The molecule has 16 heavy (non-hydrogen) atoms. The van der Waals surface area contributed by atoms with E-state index in [1.54, 1.807) is 6.92 Å². The molecule has 1 heterocycles. The van der Waals surface area contributed by atoms with Crippen LogP contribution in [0, 0.1) is 0 Å². The number of H-pyrrole nitrogens is 1. The molecule has 0 unspecified atom stereocenters. The van der Waals surface area contributed by atoms with Gasteiger partial charge in [0.25, 0.3) is 5.56 Å². The van der Waals surface area contributed by atoms with Crippen LogP contribution in [0.15, 0.2) is 10.9 Å². The van der Waals surface area contributed by atoms with Crippen molar-refractivity contribution in [3.8, 4) is 0 Å². The van der Waals surface area contributed by atoms with Crippen molar-refractivity contribution in [3.05, 3.63) is 27.9 Å². The zero-order chi connectivity index (χ0) is 12.6. The number of hydrogen-bond acceptors (Lipinski definition) is 3. The number of nitrogens with two attached hydrogens (primary N) is 1. The minimum Gasteiger partial charge on any atom is -0.319 e. The van der Waals surface area contributed by atoms with Crippen LogP contribution in [0.5, 0.6) is 0 Å². The largest absolute Gasteiger partial charge is 0.433 e. The van der Waals surface area contributed by atoms with E-state index < -0.39 is 23.0 Å². The third-order valence-electron chi connectivity index (χ3n) is 2.31. The number of hydrogen-bond donors (Lipinski definition) is 2. The highest BCUT2D eigenvalue weighted by Gasteiger charge is 2.35. The van der Waals surface area contributed by atoms with Gasteiger partial charge < -0.3 is 10.7 Å². The summed E-state index contributed by atoms with van der Waals surface area (Å²) in [5, 5.41) is 0. The van der Waals surface area contributed by atoms with Crippen LogP contribution in [0.4, 0.5) is 13.2 Å². The molecule has 0 bridgehead atoms. The summed E-state index contributed by atoms with van der Waals surface area (Å²) in [5.41, 5.74) is 2.55. The molecule has 0 saturated carbocycles. The van der Waals surface area contributed by atoms with Gasteiger partial charge in [0.05, 0.1) is 5.54 Å². The third kappa shape index (κ3) is 2.60. The first kappa shape index (κ1) is 12.7. The number of rotatable bonds is 2. The molecular weight excluding hydrogens is 223 g/mol. The summed E-state index contributed by atoms with van der Waals surface area (Å²) in [7, 11) is 0. The first-order chi connectivity index (χ1) is 7.16. The number of aromatic nitrogens is 2. The topological polar surface area (TPSA) is 71.8 Å². The first-order valence-corrected chi connectivity index (χ1v) is 4.64. The van der Waals surface area contributed by atoms with Gasteiger partial charge >= 0.3 is 6.18 Å². The van der Waals surface area contributed by atoms with Crippen molar-refractivity contribution in [2.24, 2.45) is 5.73 Å². The molecule has 1 aromatic rings. The lowest BCUT2D eigenvalue weighted by Gasteiger charge is -2.21. The van der Waals surface area contributed by atoms with Crippen LogP contribution < -0.4 is 11.3 Å². The molecule has 7 heteroatoms. The summed E-state index contributed by atoms with van der Waals surface area (Å²) in [6, 6.07) is 0.412. The molecule has 0 amide bonds. The number of nitrogens with one attached hydrogen (secondary N) is 1. The maximum absolute atomic E-state index is 12.4. The molecule has 1 rings (SSSR count). The Morgan fingerprint density at radius 3 is 2.50 bits per heavy atom. The Morgan fingerprint density at radius 2 is 2.06 bits per heavy atom. The predicted octanol–water partition coefficient (Wildman–Crippen LogP) is 1.37. The van der Waals surface area contributed by atoms with Gasteiger partial charge in [-0.15, -0.1) is 0 Å². The summed E-state index contributed by atoms with van der Waals surface area (Å²) in [5.74, 6) is -0.158. The molecule has 90 valence electrons. The molecule has 3 N–H and O–H groups in total. The van der Waals surface area contributed by atoms with E-state index in [-0.39, 0.29) is 5.82 Å². The fraction of sp³-hybridized carbons (Fsp3) is 0.556. The van der Waals surface area contributed by atoms with Gasteiger partial charge in [-0.2, -0.15) is 13.2 Å². The average Bonchev–Trinajstić information content (AvgIpc) is 2.15. The second kappa shape index (κ2) is 3.89. The van der Waals surface area contributed by atoms with E-state index in [1.807, 2.05) is 0 Å². The van der Waals surface area contributed by atoms with Crippen LogP contribution in [0.2, 0.25) is 0 Å². The van der Waals surface area contributed by atoms with Gasteiger partial charge in [0.2, 0.25) is 0 Å². The normalized spacial score (nSPS) is 15.9. The van der Waals surface area contributed by atoms with Crippen molar-refractivity contribution in [1.29, 1.82) is 0 Å². The van der Waals surface area contributed by atoms with Gasteiger partial charge in [-0.1, -0.05) is 6.92 Å². The summed E-state index contributed by atoms with van der Waals surface area (Å²) in [6.07, 6.45) is -4.29. The van der Waals surface area contributed by atoms with Gasteiger partial charge in [0.1, 0.15) is 5.82 Å². The van der Waals surface area contributed by atoms with E-state index >= 15 is 0 Å². The summed E-state index contributed by atoms with van der Waals surface area (Å²) in [4.78, 5) is 16.6. The van der Waals surface area contributed by atoms with Crippen LogP contribution in [0.3, 0.4) is 0 Å². The first-order valence-electron chi connectivity index (χ1n) is 4.64. The molecule has 0 saturated heterocycles. The molecule has 0 aromatic carbocycles. The average molecular weight is 235 g/mol. The SMILES string of the molecule is CC[C@@](C)(N)c1nc(C(F)(F)F)cc(=O)[nH]1. The molecule has 0 radical (unpaired) electrons. The standard InChI is InChI=1S/C9H12F3N3O/c1-3-8(2,13)7-14-5(9(10,11)12)4-6(16)15-7/h4H,3,13H2,1-2H3,(H,14,15,16)/t8-/m1/s1. The van der Waals surface area contributed by atoms with Crippen molar-refractivity contribution < 1.29 is 13.2 Å². The number of alkyl halides is 3. The van der Waals surface area contributed by atoms with Gasteiger partial charge in [0.15, 0.2) is 5.69 Å². The van der Waals surface area contributed by atoms with E-state index in [0.29, 0.717) is 12.5 Å². The monoisotopic (exact) mass is 235 g/mol.